The van der Waals surface area contributed by atoms with Gasteiger partial charge in [-0.05, 0) is 57.4 Å². The molecule has 0 spiro atoms. The van der Waals surface area contributed by atoms with E-state index in [2.05, 4.69) is 5.32 Å². The molecule has 0 unspecified atom stereocenters. The summed E-state index contributed by atoms with van der Waals surface area (Å²) in [6, 6.07) is 7.53. The molecule has 5 atom stereocenters. The minimum atomic E-state index is -1.20. The summed E-state index contributed by atoms with van der Waals surface area (Å²) in [5.41, 5.74) is 1.10. The number of hydrogen-bond donors (Lipinski definition) is 1. The Balaban J connectivity index is 1.68. The Bertz CT molecular complexity index is 753. The Morgan fingerprint density at radius 3 is 2.63 bits per heavy atom. The second-order valence-electron chi connectivity index (χ2n) is 8.29. The molecule has 3 rings (SSSR count). The van der Waals surface area contributed by atoms with Gasteiger partial charge in [-0.2, -0.15) is 0 Å². The second-order valence-corrected chi connectivity index (χ2v) is 8.29. The van der Waals surface area contributed by atoms with Crippen molar-refractivity contribution in [3.63, 3.8) is 0 Å². The second kappa shape index (κ2) is 10.1. The molecule has 1 N–H and O–H groups in total. The summed E-state index contributed by atoms with van der Waals surface area (Å²) in [4.78, 5) is 38.8. The van der Waals surface area contributed by atoms with Gasteiger partial charge >= 0.3 is 5.97 Å². The summed E-state index contributed by atoms with van der Waals surface area (Å²) in [5, 5.41) is 14.8. The zero-order valence-electron chi connectivity index (χ0n) is 17.7. The fourth-order valence-electron chi connectivity index (χ4n) is 4.88. The number of hydrogen-bond acceptors (Lipinski definition) is 6. The fourth-order valence-corrected chi connectivity index (χ4v) is 4.88. The van der Waals surface area contributed by atoms with Gasteiger partial charge in [0.05, 0.1) is 24.7 Å². The maximum Gasteiger partial charge on any atom is 0.323 e. The Kier molecular flexibility index (Phi) is 7.48. The number of ether oxygens (including phenoxy) is 1. The number of nitrogens with one attached hydrogen (secondary N) is 1. The number of likely N-dealkylation sites (tertiary alicyclic amines) is 1. The number of esters is 1. The topological polar surface area (TPSA) is 98.8 Å². The molecule has 1 amide bonds. The largest absolute Gasteiger partial charge is 0.548 e. The Labute approximate surface area is 177 Å². The average Bonchev–Trinajstić information content (AvgIpc) is 3.32. The number of benzene rings is 1. The molecule has 1 aliphatic carbocycles. The van der Waals surface area contributed by atoms with E-state index in [1.54, 1.807) is 13.8 Å². The minimum absolute atomic E-state index is 0.0463. The van der Waals surface area contributed by atoms with Gasteiger partial charge in [0.25, 0.3) is 0 Å². The van der Waals surface area contributed by atoms with Gasteiger partial charge in [0, 0.05) is 6.04 Å². The van der Waals surface area contributed by atoms with Crippen LogP contribution >= 0.6 is 0 Å². The van der Waals surface area contributed by atoms with Gasteiger partial charge in [0.2, 0.25) is 5.91 Å². The van der Waals surface area contributed by atoms with Crippen molar-refractivity contribution in [2.75, 3.05) is 6.61 Å². The van der Waals surface area contributed by atoms with E-state index < -0.39 is 30.1 Å². The van der Waals surface area contributed by atoms with Crippen molar-refractivity contribution in [3.05, 3.63) is 35.9 Å². The molecule has 1 saturated carbocycles. The van der Waals surface area contributed by atoms with Crippen LogP contribution in [0.15, 0.2) is 30.3 Å². The van der Waals surface area contributed by atoms with E-state index in [4.69, 9.17) is 4.74 Å². The van der Waals surface area contributed by atoms with E-state index in [0.29, 0.717) is 19.3 Å². The molecule has 1 aromatic rings. The van der Waals surface area contributed by atoms with Crippen LogP contribution in [0.5, 0.6) is 0 Å². The lowest BCUT2D eigenvalue weighted by Gasteiger charge is -2.33. The van der Waals surface area contributed by atoms with Crippen LogP contribution in [0.4, 0.5) is 0 Å². The van der Waals surface area contributed by atoms with Crippen LogP contribution in [0, 0.1) is 5.92 Å². The quantitative estimate of drug-likeness (QED) is 0.606. The van der Waals surface area contributed by atoms with E-state index in [9.17, 15) is 19.5 Å². The number of rotatable bonds is 9. The number of amides is 1. The van der Waals surface area contributed by atoms with Gasteiger partial charge in [0.15, 0.2) is 0 Å². The fraction of sp³-hybridized carbons (Fsp3) is 0.609. The average molecular weight is 416 g/mol. The third-order valence-corrected chi connectivity index (χ3v) is 6.32. The number of carboxylic acids is 1. The third-order valence-electron chi connectivity index (χ3n) is 6.32. The number of carbonyl (C=O) groups is 3. The van der Waals surface area contributed by atoms with E-state index in [-0.39, 0.29) is 24.5 Å². The number of nitrogens with zero attached hydrogens (tertiary/aromatic N) is 1. The van der Waals surface area contributed by atoms with Crippen molar-refractivity contribution in [2.24, 2.45) is 5.92 Å². The Morgan fingerprint density at radius 1 is 1.23 bits per heavy atom. The maximum atomic E-state index is 13.2. The van der Waals surface area contributed by atoms with Crippen LogP contribution in [0.2, 0.25) is 0 Å². The smallest absolute Gasteiger partial charge is 0.323 e. The first kappa shape index (κ1) is 22.3. The standard InChI is InChI=1S/C23H32N2O5/c1-3-30-23(29)18(13-12-16-8-5-4-6-9-16)24-15(2)21(26)25-19-11-7-10-17(19)14-20(25)22(27)28/h4-6,8-9,15,17-20,24H,3,7,10-14H2,1-2H3,(H,27,28)/p-1/t15-,17-,18-,19-,20-/m0/s1. The van der Waals surface area contributed by atoms with Crippen LogP contribution in [-0.2, 0) is 25.5 Å². The highest BCUT2D eigenvalue weighted by atomic mass is 16.5. The highest BCUT2D eigenvalue weighted by molar-refractivity contribution is 5.88. The first-order valence-corrected chi connectivity index (χ1v) is 10.9. The van der Waals surface area contributed by atoms with Gasteiger partial charge in [-0.15, -0.1) is 0 Å². The van der Waals surface area contributed by atoms with Crippen molar-refractivity contribution in [1.29, 1.82) is 0 Å². The van der Waals surface area contributed by atoms with Gasteiger partial charge in [-0.25, -0.2) is 0 Å². The lowest BCUT2D eigenvalue weighted by molar-refractivity contribution is -0.311. The molecular formula is C23H31N2O5-. The molecule has 7 nitrogen and oxygen atoms in total. The van der Waals surface area contributed by atoms with Gasteiger partial charge in [0.1, 0.15) is 6.04 Å². The number of carbonyl (C=O) groups excluding carboxylic acids is 3. The van der Waals surface area contributed by atoms with E-state index in [1.807, 2.05) is 30.3 Å². The monoisotopic (exact) mass is 415 g/mol. The lowest BCUT2D eigenvalue weighted by atomic mass is 10.0. The lowest BCUT2D eigenvalue weighted by Crippen LogP contribution is -2.57. The molecule has 2 aliphatic rings. The van der Waals surface area contributed by atoms with Crippen LogP contribution in [-0.4, -0.2) is 53.5 Å². The zero-order chi connectivity index (χ0) is 21.7. The first-order valence-electron chi connectivity index (χ1n) is 10.9. The molecular weight excluding hydrogens is 384 g/mol. The predicted molar refractivity (Wildman–Crippen MR) is 109 cm³/mol. The molecule has 0 radical (unpaired) electrons. The highest BCUT2D eigenvalue weighted by Crippen LogP contribution is 2.41. The summed E-state index contributed by atoms with van der Waals surface area (Å²) in [5.74, 6) is -1.66. The summed E-state index contributed by atoms with van der Waals surface area (Å²) in [6.07, 6.45) is 4.37. The van der Waals surface area contributed by atoms with Crippen molar-refractivity contribution in [2.45, 2.75) is 76.5 Å². The number of carboxylic acid groups (broad SMARTS) is 1. The molecule has 1 heterocycles. The summed E-state index contributed by atoms with van der Waals surface area (Å²) >= 11 is 0. The van der Waals surface area contributed by atoms with Crippen LogP contribution in [0.1, 0.15) is 51.5 Å². The molecule has 7 heteroatoms. The molecule has 164 valence electrons. The van der Waals surface area contributed by atoms with Crippen LogP contribution in [0.3, 0.4) is 0 Å². The molecule has 2 fully saturated rings. The Hall–Kier alpha value is -2.41. The normalized spacial score (nSPS) is 24.9. The SMILES string of the molecule is CCOC(=O)[C@H](CCc1ccccc1)N[C@@H](C)C(=O)N1[C@H](C(=O)[O-])C[C@@H]2CCC[C@@H]21. The molecule has 1 aromatic carbocycles. The van der Waals surface area contributed by atoms with Crippen molar-refractivity contribution in [3.8, 4) is 0 Å². The highest BCUT2D eigenvalue weighted by Gasteiger charge is 2.47. The molecule has 30 heavy (non-hydrogen) atoms. The van der Waals surface area contributed by atoms with Crippen molar-refractivity contribution < 1.29 is 24.2 Å². The predicted octanol–water partition coefficient (Wildman–Crippen LogP) is 1.05. The van der Waals surface area contributed by atoms with E-state index >= 15 is 0 Å². The van der Waals surface area contributed by atoms with Gasteiger partial charge in [-0.3, -0.25) is 14.9 Å². The third kappa shape index (κ3) is 5.01. The number of aryl methyl sites for hydroxylation is 1. The van der Waals surface area contributed by atoms with Crippen molar-refractivity contribution in [1.82, 2.24) is 10.2 Å². The summed E-state index contributed by atoms with van der Waals surface area (Å²) in [7, 11) is 0. The minimum Gasteiger partial charge on any atom is -0.548 e. The molecule has 1 saturated heterocycles. The van der Waals surface area contributed by atoms with Crippen molar-refractivity contribution >= 4 is 17.8 Å². The molecule has 1 aliphatic heterocycles. The van der Waals surface area contributed by atoms with Gasteiger partial charge in [-0.1, -0.05) is 36.8 Å². The van der Waals surface area contributed by atoms with E-state index in [0.717, 1.165) is 24.8 Å². The maximum absolute atomic E-state index is 13.2. The Morgan fingerprint density at radius 2 is 1.97 bits per heavy atom. The molecule has 0 bridgehead atoms. The van der Waals surface area contributed by atoms with E-state index in [1.165, 1.54) is 4.90 Å². The van der Waals surface area contributed by atoms with Crippen LogP contribution < -0.4 is 10.4 Å². The number of aliphatic carboxylic acids is 1. The molecule has 0 aromatic heterocycles. The summed E-state index contributed by atoms with van der Waals surface area (Å²) in [6.45, 7) is 3.69. The zero-order valence-corrected chi connectivity index (χ0v) is 17.7. The van der Waals surface area contributed by atoms with Gasteiger partial charge < -0.3 is 19.5 Å². The summed E-state index contributed by atoms with van der Waals surface area (Å²) < 4.78 is 5.20. The first-order chi connectivity index (χ1) is 14.4. The number of fused-ring (bicyclic) bond motifs is 1. The van der Waals surface area contributed by atoms with Crippen LogP contribution in [0.25, 0.3) is 0 Å².